The largest absolute Gasteiger partial charge is 0.325 e. The van der Waals surface area contributed by atoms with Gasteiger partial charge in [-0.1, -0.05) is 6.07 Å². The van der Waals surface area contributed by atoms with E-state index >= 15 is 0 Å². The maximum absolute atomic E-state index is 6.01. The van der Waals surface area contributed by atoms with Crippen LogP contribution in [0.2, 0.25) is 0 Å². The van der Waals surface area contributed by atoms with Crippen molar-refractivity contribution in [2.75, 3.05) is 0 Å². The lowest BCUT2D eigenvalue weighted by Gasteiger charge is -2.18. The molecule has 0 atom stereocenters. The van der Waals surface area contributed by atoms with E-state index in [1.165, 1.54) is 11.9 Å². The number of halogens is 1. The van der Waals surface area contributed by atoms with Gasteiger partial charge in [0.05, 0.1) is 5.69 Å². The number of benzene rings is 1. The van der Waals surface area contributed by atoms with Crippen LogP contribution in [0.15, 0.2) is 35.3 Å². The molecule has 0 aliphatic heterocycles. The fraction of sp³-hybridized carbons (Fsp3) is 0.333. The molecule has 4 nitrogen and oxygen atoms in total. The third kappa shape index (κ3) is 3.14. The molecule has 0 saturated carbocycles. The Labute approximate surface area is 109 Å². The van der Waals surface area contributed by atoms with Crippen molar-refractivity contribution >= 4 is 15.9 Å². The topological polar surface area (TPSA) is 56.7 Å². The highest BCUT2D eigenvalue weighted by molar-refractivity contribution is 9.10. The van der Waals surface area contributed by atoms with Gasteiger partial charge in [-0.05, 0) is 53.9 Å². The van der Waals surface area contributed by atoms with Gasteiger partial charge in [-0.15, -0.1) is 0 Å². The van der Waals surface area contributed by atoms with Gasteiger partial charge in [0, 0.05) is 10.0 Å². The molecule has 2 aromatic rings. The third-order valence-corrected chi connectivity index (χ3v) is 2.97. The summed E-state index contributed by atoms with van der Waals surface area (Å²) in [6, 6.07) is 6.15. The van der Waals surface area contributed by atoms with E-state index in [4.69, 9.17) is 5.73 Å². The van der Waals surface area contributed by atoms with E-state index in [-0.39, 0.29) is 5.54 Å². The molecule has 0 aliphatic rings. The monoisotopic (exact) mass is 294 g/mol. The summed E-state index contributed by atoms with van der Waals surface area (Å²) >= 11 is 3.55. The van der Waals surface area contributed by atoms with Crippen LogP contribution in [0.5, 0.6) is 0 Å². The Morgan fingerprint density at radius 2 is 2.18 bits per heavy atom. The normalized spacial score (nSPS) is 11.8. The minimum atomic E-state index is -0.200. The molecular weight excluding hydrogens is 280 g/mol. The number of hydrogen-bond acceptors (Lipinski definition) is 3. The molecule has 1 aromatic carbocycles. The first-order chi connectivity index (χ1) is 7.96. The van der Waals surface area contributed by atoms with Crippen molar-refractivity contribution in [2.45, 2.75) is 25.8 Å². The first kappa shape index (κ1) is 12.3. The number of nitrogens with two attached hydrogens (primary N) is 1. The number of nitrogens with zero attached hydrogens (tertiary/aromatic N) is 3. The summed E-state index contributed by atoms with van der Waals surface area (Å²) in [6.45, 7) is 4.04. The lowest BCUT2D eigenvalue weighted by Crippen LogP contribution is -2.34. The van der Waals surface area contributed by atoms with Crippen LogP contribution in [0, 0.1) is 0 Å². The maximum Gasteiger partial charge on any atom is 0.138 e. The van der Waals surface area contributed by atoms with E-state index in [9.17, 15) is 0 Å². The maximum atomic E-state index is 6.01. The lowest BCUT2D eigenvalue weighted by atomic mass is 9.96. The van der Waals surface area contributed by atoms with E-state index in [1.54, 1.807) is 11.0 Å². The molecule has 17 heavy (non-hydrogen) atoms. The van der Waals surface area contributed by atoms with Gasteiger partial charge in [0.15, 0.2) is 0 Å². The van der Waals surface area contributed by atoms with Crippen LogP contribution in [0.1, 0.15) is 19.4 Å². The van der Waals surface area contributed by atoms with E-state index in [0.717, 1.165) is 16.6 Å². The minimum Gasteiger partial charge on any atom is -0.325 e. The number of aromatic nitrogens is 3. The Morgan fingerprint density at radius 1 is 1.41 bits per heavy atom. The Kier molecular flexibility index (Phi) is 3.31. The quantitative estimate of drug-likeness (QED) is 0.945. The second kappa shape index (κ2) is 4.58. The highest BCUT2D eigenvalue weighted by atomic mass is 79.9. The van der Waals surface area contributed by atoms with Gasteiger partial charge < -0.3 is 5.73 Å². The minimum absolute atomic E-state index is 0.200. The fourth-order valence-electron chi connectivity index (χ4n) is 1.70. The van der Waals surface area contributed by atoms with Crippen molar-refractivity contribution in [3.8, 4) is 5.69 Å². The van der Waals surface area contributed by atoms with Crippen molar-refractivity contribution in [3.05, 3.63) is 40.9 Å². The molecule has 5 heteroatoms. The van der Waals surface area contributed by atoms with Gasteiger partial charge in [-0.3, -0.25) is 0 Å². The van der Waals surface area contributed by atoms with Gasteiger partial charge in [0.1, 0.15) is 12.7 Å². The molecule has 0 fully saturated rings. The third-order valence-electron chi connectivity index (χ3n) is 2.34. The van der Waals surface area contributed by atoms with E-state index in [0.29, 0.717) is 0 Å². The first-order valence-electron chi connectivity index (χ1n) is 5.38. The van der Waals surface area contributed by atoms with Crippen molar-refractivity contribution < 1.29 is 0 Å². The first-order valence-corrected chi connectivity index (χ1v) is 6.17. The molecule has 0 amide bonds. The highest BCUT2D eigenvalue weighted by Crippen LogP contribution is 2.23. The SMILES string of the molecule is CC(C)(N)Cc1ccc(-n2cncn2)c(Br)c1. The summed E-state index contributed by atoms with van der Waals surface area (Å²) in [7, 11) is 0. The van der Waals surface area contributed by atoms with Gasteiger partial charge in [0.2, 0.25) is 0 Å². The molecular formula is C12H15BrN4. The van der Waals surface area contributed by atoms with Crippen LogP contribution in [0.3, 0.4) is 0 Å². The average molecular weight is 295 g/mol. The van der Waals surface area contributed by atoms with Crippen LogP contribution < -0.4 is 5.73 Å². The predicted molar refractivity (Wildman–Crippen MR) is 71.0 cm³/mol. The predicted octanol–water partition coefficient (Wildman–Crippen LogP) is 2.31. The van der Waals surface area contributed by atoms with Crippen molar-refractivity contribution in [3.63, 3.8) is 0 Å². The van der Waals surface area contributed by atoms with Crippen molar-refractivity contribution in [1.29, 1.82) is 0 Å². The zero-order valence-electron chi connectivity index (χ0n) is 9.89. The smallest absolute Gasteiger partial charge is 0.138 e. The Hall–Kier alpha value is -1.20. The molecule has 0 aliphatic carbocycles. The molecule has 0 saturated heterocycles. The standard InChI is InChI=1S/C12H15BrN4/c1-12(2,14)6-9-3-4-11(10(13)5-9)17-8-15-7-16-17/h3-5,7-8H,6,14H2,1-2H3. The van der Waals surface area contributed by atoms with Gasteiger partial charge in [-0.25, -0.2) is 9.67 Å². The number of rotatable bonds is 3. The average Bonchev–Trinajstić information content (AvgIpc) is 2.68. The summed E-state index contributed by atoms with van der Waals surface area (Å²) in [5, 5.41) is 4.10. The zero-order valence-corrected chi connectivity index (χ0v) is 11.5. The summed E-state index contributed by atoms with van der Waals surface area (Å²) in [5.74, 6) is 0. The van der Waals surface area contributed by atoms with E-state index in [1.807, 2.05) is 19.9 Å². The molecule has 1 aromatic heterocycles. The van der Waals surface area contributed by atoms with E-state index < -0.39 is 0 Å². The van der Waals surface area contributed by atoms with Crippen LogP contribution >= 0.6 is 15.9 Å². The Morgan fingerprint density at radius 3 is 2.71 bits per heavy atom. The van der Waals surface area contributed by atoms with Crippen LogP contribution in [-0.4, -0.2) is 20.3 Å². The molecule has 2 N–H and O–H groups in total. The van der Waals surface area contributed by atoms with Crippen LogP contribution in [-0.2, 0) is 6.42 Å². The van der Waals surface area contributed by atoms with Crippen molar-refractivity contribution in [2.24, 2.45) is 5.73 Å². The summed E-state index contributed by atoms with van der Waals surface area (Å²) in [4.78, 5) is 3.93. The second-order valence-corrected chi connectivity index (χ2v) is 5.65. The molecule has 0 unspecified atom stereocenters. The van der Waals surface area contributed by atoms with Gasteiger partial charge >= 0.3 is 0 Å². The molecule has 0 spiro atoms. The number of hydrogen-bond donors (Lipinski definition) is 1. The molecule has 0 bridgehead atoms. The molecule has 90 valence electrons. The van der Waals surface area contributed by atoms with Gasteiger partial charge in [0.25, 0.3) is 0 Å². The second-order valence-electron chi connectivity index (χ2n) is 4.79. The summed E-state index contributed by atoms with van der Waals surface area (Å²) in [5.41, 5.74) is 7.98. The summed E-state index contributed by atoms with van der Waals surface area (Å²) in [6.07, 6.45) is 4.03. The Bertz CT molecular complexity index is 500. The summed E-state index contributed by atoms with van der Waals surface area (Å²) < 4.78 is 2.71. The van der Waals surface area contributed by atoms with Crippen molar-refractivity contribution in [1.82, 2.24) is 14.8 Å². The lowest BCUT2D eigenvalue weighted by molar-refractivity contribution is 0.516. The van der Waals surface area contributed by atoms with Crippen LogP contribution in [0.4, 0.5) is 0 Å². The molecule has 1 heterocycles. The zero-order chi connectivity index (χ0) is 12.5. The molecule has 0 radical (unpaired) electrons. The van der Waals surface area contributed by atoms with Gasteiger partial charge in [-0.2, -0.15) is 5.10 Å². The van der Waals surface area contributed by atoms with Crippen LogP contribution in [0.25, 0.3) is 5.69 Å². The fourth-order valence-corrected chi connectivity index (χ4v) is 2.31. The highest BCUT2D eigenvalue weighted by Gasteiger charge is 2.13. The Balaban J connectivity index is 2.30. The molecule has 2 rings (SSSR count). The van der Waals surface area contributed by atoms with E-state index in [2.05, 4.69) is 38.1 Å².